The number of benzene rings is 1. The SMILES string of the molecule is NC(=NCCCOCC1CCOC1)NCCc1ccccc1. The van der Waals surface area contributed by atoms with E-state index >= 15 is 0 Å². The average molecular weight is 305 g/mol. The van der Waals surface area contributed by atoms with Crippen LogP contribution < -0.4 is 11.1 Å². The first-order valence-electron chi connectivity index (χ1n) is 8.08. The van der Waals surface area contributed by atoms with E-state index in [0.717, 1.165) is 52.2 Å². The fraction of sp³-hybridized carbons (Fsp3) is 0.588. The number of hydrogen-bond acceptors (Lipinski definition) is 3. The largest absolute Gasteiger partial charge is 0.381 e. The number of rotatable bonds is 9. The first-order valence-corrected chi connectivity index (χ1v) is 8.08. The van der Waals surface area contributed by atoms with E-state index in [-0.39, 0.29) is 0 Å². The summed E-state index contributed by atoms with van der Waals surface area (Å²) < 4.78 is 10.9. The predicted octanol–water partition coefficient (Wildman–Crippen LogP) is 1.58. The van der Waals surface area contributed by atoms with Gasteiger partial charge in [0.25, 0.3) is 0 Å². The molecule has 1 aromatic rings. The zero-order chi connectivity index (χ0) is 15.5. The van der Waals surface area contributed by atoms with Crippen molar-refractivity contribution in [1.82, 2.24) is 5.32 Å². The van der Waals surface area contributed by atoms with Crippen molar-refractivity contribution in [3.05, 3.63) is 35.9 Å². The summed E-state index contributed by atoms with van der Waals surface area (Å²) in [5.74, 6) is 1.09. The molecular formula is C17H27N3O2. The van der Waals surface area contributed by atoms with Gasteiger partial charge in [-0.3, -0.25) is 4.99 Å². The summed E-state index contributed by atoms with van der Waals surface area (Å²) >= 11 is 0. The molecule has 0 aliphatic carbocycles. The molecule has 1 saturated heterocycles. The Morgan fingerprint density at radius 2 is 2.23 bits per heavy atom. The van der Waals surface area contributed by atoms with E-state index in [1.54, 1.807) is 0 Å². The van der Waals surface area contributed by atoms with Gasteiger partial charge in [0.2, 0.25) is 0 Å². The smallest absolute Gasteiger partial charge is 0.188 e. The average Bonchev–Trinajstić information content (AvgIpc) is 3.05. The van der Waals surface area contributed by atoms with Crippen molar-refractivity contribution in [2.24, 2.45) is 16.6 Å². The van der Waals surface area contributed by atoms with Crippen LogP contribution in [0.1, 0.15) is 18.4 Å². The normalized spacial score (nSPS) is 18.5. The Bertz CT molecular complexity index is 431. The molecule has 0 aromatic heterocycles. The number of ether oxygens (including phenoxy) is 2. The maximum Gasteiger partial charge on any atom is 0.188 e. The van der Waals surface area contributed by atoms with Gasteiger partial charge in [0.1, 0.15) is 0 Å². The van der Waals surface area contributed by atoms with Gasteiger partial charge in [-0.2, -0.15) is 0 Å². The summed E-state index contributed by atoms with van der Waals surface area (Å²) in [6.45, 7) is 4.76. The van der Waals surface area contributed by atoms with Gasteiger partial charge in [-0.05, 0) is 24.8 Å². The zero-order valence-electron chi connectivity index (χ0n) is 13.2. The molecule has 2 rings (SSSR count). The molecule has 22 heavy (non-hydrogen) atoms. The van der Waals surface area contributed by atoms with E-state index in [4.69, 9.17) is 15.2 Å². The Balaban J connectivity index is 1.46. The lowest BCUT2D eigenvalue weighted by atomic mass is 10.1. The Morgan fingerprint density at radius 1 is 1.36 bits per heavy atom. The molecule has 0 saturated carbocycles. The lowest BCUT2D eigenvalue weighted by Crippen LogP contribution is -2.33. The van der Waals surface area contributed by atoms with Crippen molar-refractivity contribution in [2.45, 2.75) is 19.3 Å². The fourth-order valence-corrected chi connectivity index (χ4v) is 2.37. The third-order valence-corrected chi connectivity index (χ3v) is 3.67. The number of nitrogens with one attached hydrogen (secondary N) is 1. The Hall–Kier alpha value is -1.59. The summed E-state index contributed by atoms with van der Waals surface area (Å²) in [4.78, 5) is 4.30. The van der Waals surface area contributed by atoms with Crippen LogP contribution in [0.25, 0.3) is 0 Å². The van der Waals surface area contributed by atoms with E-state index in [1.807, 2.05) is 18.2 Å². The molecule has 0 bridgehead atoms. The molecule has 5 heteroatoms. The van der Waals surface area contributed by atoms with E-state index in [1.165, 1.54) is 5.56 Å². The second-order valence-corrected chi connectivity index (χ2v) is 5.59. The highest BCUT2D eigenvalue weighted by atomic mass is 16.5. The quantitative estimate of drug-likeness (QED) is 0.413. The zero-order valence-corrected chi connectivity index (χ0v) is 13.2. The number of nitrogens with zero attached hydrogens (tertiary/aromatic N) is 1. The molecule has 1 atom stereocenters. The maximum absolute atomic E-state index is 5.83. The third kappa shape index (κ3) is 6.91. The van der Waals surface area contributed by atoms with E-state index in [9.17, 15) is 0 Å². The van der Waals surface area contributed by atoms with Crippen molar-refractivity contribution < 1.29 is 9.47 Å². The van der Waals surface area contributed by atoms with Crippen LogP contribution in [0, 0.1) is 5.92 Å². The summed E-state index contributed by atoms with van der Waals surface area (Å²) in [7, 11) is 0. The van der Waals surface area contributed by atoms with Crippen LogP contribution in [-0.4, -0.2) is 45.5 Å². The van der Waals surface area contributed by atoms with Crippen molar-refractivity contribution in [3.63, 3.8) is 0 Å². The highest BCUT2D eigenvalue weighted by Crippen LogP contribution is 2.12. The molecule has 0 spiro atoms. The van der Waals surface area contributed by atoms with Crippen LogP contribution in [0.15, 0.2) is 35.3 Å². The fourth-order valence-electron chi connectivity index (χ4n) is 2.37. The van der Waals surface area contributed by atoms with Gasteiger partial charge >= 0.3 is 0 Å². The molecule has 0 amide bonds. The van der Waals surface area contributed by atoms with Crippen molar-refractivity contribution in [2.75, 3.05) is 39.5 Å². The van der Waals surface area contributed by atoms with Gasteiger partial charge in [-0.25, -0.2) is 0 Å². The van der Waals surface area contributed by atoms with Gasteiger partial charge in [-0.1, -0.05) is 30.3 Å². The summed E-state index contributed by atoms with van der Waals surface area (Å²) in [5, 5.41) is 3.14. The first-order chi connectivity index (χ1) is 10.8. The molecule has 1 aliphatic heterocycles. The molecule has 1 unspecified atom stereocenters. The molecule has 3 N–H and O–H groups in total. The highest BCUT2D eigenvalue weighted by molar-refractivity contribution is 5.77. The van der Waals surface area contributed by atoms with Crippen molar-refractivity contribution >= 4 is 5.96 Å². The lowest BCUT2D eigenvalue weighted by molar-refractivity contribution is 0.0893. The van der Waals surface area contributed by atoms with E-state index < -0.39 is 0 Å². The summed E-state index contributed by atoms with van der Waals surface area (Å²) in [5.41, 5.74) is 7.13. The van der Waals surface area contributed by atoms with E-state index in [2.05, 4.69) is 22.4 Å². The van der Waals surface area contributed by atoms with Gasteiger partial charge in [-0.15, -0.1) is 0 Å². The summed E-state index contributed by atoms with van der Waals surface area (Å²) in [6, 6.07) is 10.3. The lowest BCUT2D eigenvalue weighted by Gasteiger charge is -2.08. The Kier molecular flexibility index (Phi) is 7.77. The number of nitrogens with two attached hydrogens (primary N) is 1. The van der Waals surface area contributed by atoms with Crippen LogP contribution in [-0.2, 0) is 15.9 Å². The second kappa shape index (κ2) is 10.2. The Morgan fingerprint density at radius 3 is 3.00 bits per heavy atom. The molecule has 5 nitrogen and oxygen atoms in total. The molecular weight excluding hydrogens is 278 g/mol. The molecule has 1 fully saturated rings. The topological polar surface area (TPSA) is 68.9 Å². The maximum atomic E-state index is 5.83. The Labute approximate surface area is 132 Å². The standard InChI is InChI=1S/C17H27N3O2/c18-17(20-10-7-15-5-2-1-3-6-15)19-9-4-11-21-13-16-8-12-22-14-16/h1-3,5-6,16H,4,7-14H2,(H3,18,19,20). The van der Waals surface area contributed by atoms with Crippen molar-refractivity contribution in [1.29, 1.82) is 0 Å². The number of hydrogen-bond donors (Lipinski definition) is 2. The molecule has 122 valence electrons. The van der Waals surface area contributed by atoms with Crippen molar-refractivity contribution in [3.8, 4) is 0 Å². The summed E-state index contributed by atoms with van der Waals surface area (Å²) in [6.07, 6.45) is 2.97. The molecule has 0 radical (unpaired) electrons. The number of aliphatic imine (C=N–C) groups is 1. The second-order valence-electron chi connectivity index (χ2n) is 5.59. The first kappa shape index (κ1) is 16.8. The van der Waals surface area contributed by atoms with Gasteiger partial charge in [0, 0.05) is 32.2 Å². The molecule has 1 aliphatic rings. The third-order valence-electron chi connectivity index (χ3n) is 3.67. The molecule has 1 aromatic carbocycles. The van der Waals surface area contributed by atoms with Gasteiger partial charge in [0.05, 0.1) is 13.2 Å². The van der Waals surface area contributed by atoms with Crippen LogP contribution in [0.5, 0.6) is 0 Å². The minimum absolute atomic E-state index is 0.514. The minimum atomic E-state index is 0.514. The van der Waals surface area contributed by atoms with Crippen LogP contribution in [0.2, 0.25) is 0 Å². The van der Waals surface area contributed by atoms with Gasteiger partial charge in [0.15, 0.2) is 5.96 Å². The van der Waals surface area contributed by atoms with E-state index in [0.29, 0.717) is 18.4 Å². The highest BCUT2D eigenvalue weighted by Gasteiger charge is 2.14. The van der Waals surface area contributed by atoms with Gasteiger partial charge < -0.3 is 20.5 Å². The minimum Gasteiger partial charge on any atom is -0.381 e. The predicted molar refractivity (Wildman–Crippen MR) is 89.0 cm³/mol. The van der Waals surface area contributed by atoms with Crippen LogP contribution >= 0.6 is 0 Å². The van der Waals surface area contributed by atoms with Crippen LogP contribution in [0.3, 0.4) is 0 Å². The monoisotopic (exact) mass is 305 g/mol. The molecule has 1 heterocycles. The van der Waals surface area contributed by atoms with Crippen LogP contribution in [0.4, 0.5) is 0 Å². The number of guanidine groups is 1.